The van der Waals surface area contributed by atoms with Crippen LogP contribution in [-0.2, 0) is 0 Å². The first-order valence-corrected chi connectivity index (χ1v) is 16.7. The van der Waals surface area contributed by atoms with Gasteiger partial charge in [0.1, 0.15) is 0 Å². The molecule has 0 heterocycles. The van der Waals surface area contributed by atoms with Crippen LogP contribution in [0, 0.1) is 0 Å². The molecule has 222 valence electrons. The fourth-order valence-corrected chi connectivity index (χ4v) is 7.94. The van der Waals surface area contributed by atoms with Gasteiger partial charge in [0, 0.05) is 0 Å². The van der Waals surface area contributed by atoms with Crippen molar-refractivity contribution in [1.82, 2.24) is 0 Å². The largest absolute Gasteiger partial charge is 0.0622 e. The normalized spacial score (nSPS) is 11.8. The zero-order valence-electron chi connectivity index (χ0n) is 26.3. The highest BCUT2D eigenvalue weighted by molar-refractivity contribution is 6.27. The van der Waals surface area contributed by atoms with Crippen LogP contribution in [0.3, 0.4) is 0 Å². The van der Waals surface area contributed by atoms with Crippen molar-refractivity contribution in [3.63, 3.8) is 0 Å². The first kappa shape index (κ1) is 26.9. The molecule has 0 bridgehead atoms. The number of fused-ring (bicyclic) bond motifs is 2. The Kier molecular flexibility index (Phi) is 5.98. The molecule has 0 spiro atoms. The first-order chi connectivity index (χ1) is 23.8. The quantitative estimate of drug-likeness (QED) is 0.175. The Bertz CT molecular complexity index is 2820. The lowest BCUT2D eigenvalue weighted by atomic mass is 9.86. The van der Waals surface area contributed by atoms with Crippen LogP contribution in [0.25, 0.3) is 98.4 Å². The van der Waals surface area contributed by atoms with Crippen molar-refractivity contribution < 1.29 is 0 Å². The second kappa shape index (κ2) is 10.7. The van der Waals surface area contributed by atoms with Crippen LogP contribution in [0.1, 0.15) is 0 Å². The predicted octanol–water partition coefficient (Wildman–Crippen LogP) is 13.6. The van der Waals surface area contributed by atoms with Crippen LogP contribution >= 0.6 is 0 Å². The van der Waals surface area contributed by atoms with E-state index in [2.05, 4.69) is 182 Å². The molecule has 0 fully saturated rings. The zero-order chi connectivity index (χ0) is 31.6. The van der Waals surface area contributed by atoms with Crippen molar-refractivity contribution in [2.24, 2.45) is 0 Å². The van der Waals surface area contributed by atoms with Crippen molar-refractivity contribution >= 4 is 53.9 Å². The van der Waals surface area contributed by atoms with Crippen LogP contribution < -0.4 is 0 Å². The molecule has 0 aliphatic heterocycles. The first-order valence-electron chi connectivity index (χ1n) is 16.7. The fraction of sp³-hybridized carbons (Fsp3) is 0. The second-order valence-electron chi connectivity index (χ2n) is 12.9. The average Bonchev–Trinajstić information content (AvgIpc) is 3.16. The molecule has 0 amide bonds. The average molecular weight is 607 g/mol. The third-order valence-electron chi connectivity index (χ3n) is 10.2. The van der Waals surface area contributed by atoms with Gasteiger partial charge in [-0.25, -0.2) is 0 Å². The van der Waals surface area contributed by atoms with Gasteiger partial charge >= 0.3 is 0 Å². The molecule has 0 heteroatoms. The van der Waals surface area contributed by atoms with E-state index in [0.29, 0.717) is 0 Å². The van der Waals surface area contributed by atoms with Gasteiger partial charge in [-0.2, -0.15) is 0 Å². The van der Waals surface area contributed by atoms with Crippen molar-refractivity contribution in [2.45, 2.75) is 0 Å². The zero-order valence-corrected chi connectivity index (χ0v) is 26.3. The number of benzene rings is 10. The van der Waals surface area contributed by atoms with Gasteiger partial charge in [-0.05, 0) is 111 Å². The summed E-state index contributed by atoms with van der Waals surface area (Å²) >= 11 is 0. The highest BCUT2D eigenvalue weighted by atomic mass is 14.2. The molecule has 0 N–H and O–H groups in total. The van der Waals surface area contributed by atoms with E-state index >= 15 is 0 Å². The topological polar surface area (TPSA) is 0 Å². The van der Waals surface area contributed by atoms with E-state index in [-0.39, 0.29) is 0 Å². The molecule has 0 aliphatic carbocycles. The molecule has 48 heavy (non-hydrogen) atoms. The van der Waals surface area contributed by atoms with Crippen molar-refractivity contribution in [3.8, 4) is 44.5 Å². The molecule has 0 unspecified atom stereocenters. The molecule has 0 radical (unpaired) electrons. The van der Waals surface area contributed by atoms with E-state index in [1.54, 1.807) is 0 Å². The summed E-state index contributed by atoms with van der Waals surface area (Å²) in [6.45, 7) is 0. The Balaban J connectivity index is 1.17. The molecule has 0 aliphatic rings. The summed E-state index contributed by atoms with van der Waals surface area (Å²) in [6.07, 6.45) is 0. The van der Waals surface area contributed by atoms with Crippen LogP contribution in [-0.4, -0.2) is 0 Å². The number of rotatable bonds is 4. The Labute approximate surface area is 279 Å². The summed E-state index contributed by atoms with van der Waals surface area (Å²) in [7, 11) is 0. The van der Waals surface area contributed by atoms with Gasteiger partial charge in [-0.15, -0.1) is 0 Å². The molecule has 0 aromatic heterocycles. The maximum atomic E-state index is 2.38. The summed E-state index contributed by atoms with van der Waals surface area (Å²) in [4.78, 5) is 0. The SMILES string of the molecule is c1ccc(-c2c(-c3cccc(-c4ccc5ccc6ccc(-c7ccc8ccccc8c7)c7ccc4c5c67)c3)ccc3ccccc23)cc1. The summed E-state index contributed by atoms with van der Waals surface area (Å²) in [5.74, 6) is 0. The highest BCUT2D eigenvalue weighted by Crippen LogP contribution is 2.44. The van der Waals surface area contributed by atoms with E-state index in [1.165, 1.54) is 98.4 Å². The minimum absolute atomic E-state index is 1.22. The summed E-state index contributed by atoms with van der Waals surface area (Å²) < 4.78 is 0. The molecule has 10 rings (SSSR count). The van der Waals surface area contributed by atoms with E-state index in [0.717, 1.165) is 0 Å². The Hall–Kier alpha value is -6.24. The third-order valence-corrected chi connectivity index (χ3v) is 10.2. The molecular weight excluding hydrogens is 577 g/mol. The van der Waals surface area contributed by atoms with E-state index in [1.807, 2.05) is 0 Å². The van der Waals surface area contributed by atoms with Gasteiger partial charge in [0.15, 0.2) is 0 Å². The fourth-order valence-electron chi connectivity index (χ4n) is 7.94. The van der Waals surface area contributed by atoms with Crippen LogP contribution in [0.2, 0.25) is 0 Å². The lowest BCUT2D eigenvalue weighted by Crippen LogP contribution is -1.91. The molecular formula is C48H30. The van der Waals surface area contributed by atoms with Gasteiger partial charge in [-0.1, -0.05) is 170 Å². The second-order valence-corrected chi connectivity index (χ2v) is 12.9. The number of hydrogen-bond donors (Lipinski definition) is 0. The van der Waals surface area contributed by atoms with Gasteiger partial charge in [-0.3, -0.25) is 0 Å². The summed E-state index contributed by atoms with van der Waals surface area (Å²) in [5.41, 5.74) is 10.0. The molecule has 0 nitrogen and oxygen atoms in total. The lowest BCUT2D eigenvalue weighted by Gasteiger charge is -2.18. The summed E-state index contributed by atoms with van der Waals surface area (Å²) in [6, 6.07) is 67.1. The molecule has 0 atom stereocenters. The van der Waals surface area contributed by atoms with Crippen molar-refractivity contribution in [3.05, 3.63) is 182 Å². The van der Waals surface area contributed by atoms with Gasteiger partial charge < -0.3 is 0 Å². The van der Waals surface area contributed by atoms with E-state index < -0.39 is 0 Å². The van der Waals surface area contributed by atoms with Gasteiger partial charge in [0.2, 0.25) is 0 Å². The molecule has 0 saturated heterocycles. The molecule has 0 saturated carbocycles. The van der Waals surface area contributed by atoms with Crippen molar-refractivity contribution in [1.29, 1.82) is 0 Å². The summed E-state index contributed by atoms with van der Waals surface area (Å²) in [5, 5.41) is 12.9. The van der Waals surface area contributed by atoms with E-state index in [9.17, 15) is 0 Å². The smallest absolute Gasteiger partial charge is 0.00203 e. The Morgan fingerprint density at radius 2 is 0.729 bits per heavy atom. The highest BCUT2D eigenvalue weighted by Gasteiger charge is 2.17. The van der Waals surface area contributed by atoms with Crippen LogP contribution in [0.4, 0.5) is 0 Å². The Morgan fingerprint density at radius 3 is 1.46 bits per heavy atom. The maximum absolute atomic E-state index is 2.38. The Morgan fingerprint density at radius 1 is 0.229 bits per heavy atom. The van der Waals surface area contributed by atoms with Crippen LogP contribution in [0.5, 0.6) is 0 Å². The standard InChI is InChI=1S/C48H30/c1-2-11-33(12-3-1)46-42-16-7-6-10-32(42)21-26-43(46)38-15-8-14-37(30-38)40-24-22-34-18-19-35-23-25-41(45-28-27-44(40)47(34)48(35)45)39-20-17-31-9-4-5-13-36(31)29-39/h1-30H. The van der Waals surface area contributed by atoms with Crippen LogP contribution in [0.15, 0.2) is 182 Å². The van der Waals surface area contributed by atoms with Gasteiger partial charge in [0.25, 0.3) is 0 Å². The number of hydrogen-bond acceptors (Lipinski definition) is 0. The maximum Gasteiger partial charge on any atom is -0.00203 e. The predicted molar refractivity (Wildman–Crippen MR) is 207 cm³/mol. The molecule has 10 aromatic rings. The molecule has 10 aromatic carbocycles. The lowest BCUT2D eigenvalue weighted by molar-refractivity contribution is 1.60. The van der Waals surface area contributed by atoms with Gasteiger partial charge in [0.05, 0.1) is 0 Å². The minimum atomic E-state index is 1.22. The van der Waals surface area contributed by atoms with Crippen molar-refractivity contribution in [2.75, 3.05) is 0 Å². The minimum Gasteiger partial charge on any atom is -0.0622 e. The monoisotopic (exact) mass is 606 g/mol. The third kappa shape index (κ3) is 4.16. The van der Waals surface area contributed by atoms with E-state index in [4.69, 9.17) is 0 Å².